The third kappa shape index (κ3) is 8.80. The molecular formula is C44H70B4O8. The lowest BCUT2D eigenvalue weighted by atomic mass is 9.51. The first kappa shape index (κ1) is 43.9. The SMILES string of the molecule is CC1(C)OB(C[C@@H](C[C@@H](C[C@H](CCc2ccc(-c3ccccc3)cc2)B2OC(C)(C)C(C)(C)O2)B2OC(C)(C)C(C)(C)O2)B2OC(C)(C)C(C)(C)O2)OC1(C)C. The molecule has 4 aliphatic heterocycles. The Kier molecular flexibility index (Phi) is 11.9. The second-order valence-corrected chi connectivity index (χ2v) is 21.1. The summed E-state index contributed by atoms with van der Waals surface area (Å²) in [6.45, 7) is 34.0. The molecule has 0 N–H and O–H groups in total. The highest BCUT2D eigenvalue weighted by Gasteiger charge is 2.61. The minimum atomic E-state index is -0.498. The Morgan fingerprint density at radius 3 is 1.16 bits per heavy atom. The first-order valence-corrected chi connectivity index (χ1v) is 21.2. The summed E-state index contributed by atoms with van der Waals surface area (Å²) in [6, 6.07) is 19.5. The fourth-order valence-corrected chi connectivity index (χ4v) is 8.18. The van der Waals surface area contributed by atoms with Gasteiger partial charge in [0, 0.05) is 0 Å². The van der Waals surface area contributed by atoms with E-state index in [1.807, 2.05) is 0 Å². The lowest BCUT2D eigenvalue weighted by Crippen LogP contribution is -2.41. The van der Waals surface area contributed by atoms with Crippen molar-refractivity contribution in [2.45, 2.75) is 205 Å². The molecule has 2 aromatic carbocycles. The van der Waals surface area contributed by atoms with Crippen LogP contribution in [0.3, 0.4) is 0 Å². The van der Waals surface area contributed by atoms with Gasteiger partial charge in [0.25, 0.3) is 0 Å². The Bertz CT molecular complexity index is 1590. The van der Waals surface area contributed by atoms with Gasteiger partial charge in [-0.3, -0.25) is 0 Å². The predicted molar refractivity (Wildman–Crippen MR) is 230 cm³/mol. The summed E-state index contributed by atoms with van der Waals surface area (Å²) in [5.41, 5.74) is -0.0955. The molecule has 0 bridgehead atoms. The van der Waals surface area contributed by atoms with E-state index >= 15 is 0 Å². The van der Waals surface area contributed by atoms with Crippen molar-refractivity contribution in [3.05, 3.63) is 60.2 Å². The quantitative estimate of drug-likeness (QED) is 0.187. The van der Waals surface area contributed by atoms with Gasteiger partial charge in [0.15, 0.2) is 0 Å². The topological polar surface area (TPSA) is 73.8 Å². The van der Waals surface area contributed by atoms with Gasteiger partial charge >= 0.3 is 28.5 Å². The van der Waals surface area contributed by atoms with Gasteiger partial charge in [-0.05, 0) is 164 Å². The van der Waals surface area contributed by atoms with Crippen molar-refractivity contribution >= 4 is 28.5 Å². The lowest BCUT2D eigenvalue weighted by Gasteiger charge is -2.32. The van der Waals surface area contributed by atoms with Gasteiger partial charge in [-0.25, -0.2) is 0 Å². The summed E-state index contributed by atoms with van der Waals surface area (Å²) in [5, 5.41) is 0. The van der Waals surface area contributed by atoms with Crippen molar-refractivity contribution in [3.8, 4) is 11.1 Å². The predicted octanol–water partition coefficient (Wildman–Crippen LogP) is 10.5. The average Bonchev–Trinajstić information content (AvgIpc) is 3.62. The van der Waals surface area contributed by atoms with Crippen molar-refractivity contribution in [2.24, 2.45) is 0 Å². The Morgan fingerprint density at radius 1 is 0.393 bits per heavy atom. The van der Waals surface area contributed by atoms with E-state index in [1.54, 1.807) is 0 Å². The number of rotatable bonds is 13. The smallest absolute Gasteiger partial charge is 0.403 e. The summed E-state index contributed by atoms with van der Waals surface area (Å²) >= 11 is 0. The fraction of sp³-hybridized carbons (Fsp3) is 0.727. The van der Waals surface area contributed by atoms with E-state index < -0.39 is 73.3 Å². The average molecular weight is 770 g/mol. The molecule has 56 heavy (non-hydrogen) atoms. The molecule has 0 spiro atoms. The maximum atomic E-state index is 6.92. The molecule has 306 valence electrons. The van der Waals surface area contributed by atoms with Crippen LogP contribution in [0.2, 0.25) is 23.8 Å². The van der Waals surface area contributed by atoms with Gasteiger partial charge in [0.2, 0.25) is 0 Å². The molecule has 0 amide bonds. The van der Waals surface area contributed by atoms with Gasteiger partial charge in [-0.1, -0.05) is 67.4 Å². The standard InChI is InChI=1S/C44H70B4O8/c1-37(2)38(3,4)50-45(49-37)30-36(48-55-43(13,14)44(15,16)56-48)29-35(47-53-41(9,10)42(11,12)54-47)28-34(46-51-39(5,6)40(7,8)52-46)27-24-31-22-25-33(26-23-31)32-20-18-17-19-21-32/h17-23,25-26,34-36H,24,27-30H2,1-16H3/t34-,35+,36+/m0/s1. The highest BCUT2D eigenvalue weighted by Crippen LogP contribution is 2.52. The summed E-state index contributed by atoms with van der Waals surface area (Å²) < 4.78 is 54.5. The normalized spacial score (nSPS) is 26.8. The molecule has 4 heterocycles. The van der Waals surface area contributed by atoms with Crippen LogP contribution in [0.4, 0.5) is 0 Å². The second-order valence-electron chi connectivity index (χ2n) is 21.1. The van der Waals surface area contributed by atoms with Crippen molar-refractivity contribution in [1.29, 1.82) is 0 Å². The van der Waals surface area contributed by atoms with Crippen molar-refractivity contribution in [3.63, 3.8) is 0 Å². The van der Waals surface area contributed by atoms with E-state index in [4.69, 9.17) is 37.2 Å². The molecule has 0 aliphatic carbocycles. The lowest BCUT2D eigenvalue weighted by molar-refractivity contribution is 0.00578. The van der Waals surface area contributed by atoms with E-state index in [9.17, 15) is 0 Å². The molecule has 4 aliphatic rings. The van der Waals surface area contributed by atoms with Crippen LogP contribution < -0.4 is 0 Å². The molecule has 4 saturated heterocycles. The maximum absolute atomic E-state index is 6.92. The van der Waals surface area contributed by atoms with E-state index in [-0.39, 0.29) is 17.5 Å². The first-order chi connectivity index (χ1) is 25.6. The Labute approximate surface area is 341 Å². The molecule has 0 aromatic heterocycles. The summed E-state index contributed by atoms with van der Waals surface area (Å²) in [7, 11) is -1.74. The fourth-order valence-electron chi connectivity index (χ4n) is 8.18. The van der Waals surface area contributed by atoms with E-state index in [2.05, 4.69) is 165 Å². The Hall–Kier alpha value is -1.62. The molecule has 0 unspecified atom stereocenters. The van der Waals surface area contributed by atoms with Gasteiger partial charge in [-0.2, -0.15) is 0 Å². The largest absolute Gasteiger partial charge is 0.461 e. The first-order valence-electron chi connectivity index (χ1n) is 21.2. The Morgan fingerprint density at radius 2 is 0.732 bits per heavy atom. The minimum absolute atomic E-state index is 0.0460. The van der Waals surface area contributed by atoms with Crippen LogP contribution in [-0.2, 0) is 43.7 Å². The van der Waals surface area contributed by atoms with Crippen molar-refractivity contribution < 1.29 is 37.2 Å². The highest BCUT2D eigenvalue weighted by molar-refractivity contribution is 6.54. The van der Waals surface area contributed by atoms with Crippen LogP contribution in [0, 0.1) is 0 Å². The van der Waals surface area contributed by atoms with Crippen molar-refractivity contribution in [1.82, 2.24) is 0 Å². The molecule has 0 radical (unpaired) electrons. The van der Waals surface area contributed by atoms with Gasteiger partial charge in [0.05, 0.1) is 44.8 Å². The van der Waals surface area contributed by atoms with E-state index in [1.165, 1.54) is 16.7 Å². The van der Waals surface area contributed by atoms with E-state index in [0.29, 0.717) is 12.7 Å². The third-order valence-electron chi connectivity index (χ3n) is 14.8. The minimum Gasteiger partial charge on any atom is -0.403 e. The van der Waals surface area contributed by atoms with Gasteiger partial charge in [0.1, 0.15) is 0 Å². The second kappa shape index (κ2) is 15.1. The summed E-state index contributed by atoms with van der Waals surface area (Å²) in [6.07, 6.45) is 3.83. The van der Waals surface area contributed by atoms with Crippen molar-refractivity contribution in [2.75, 3.05) is 0 Å². The maximum Gasteiger partial charge on any atom is 0.461 e. The Balaban J connectivity index is 1.32. The molecular weight excluding hydrogens is 700 g/mol. The van der Waals surface area contributed by atoms with Crippen LogP contribution in [0.5, 0.6) is 0 Å². The van der Waals surface area contributed by atoms with Gasteiger partial charge < -0.3 is 37.2 Å². The molecule has 4 fully saturated rings. The van der Waals surface area contributed by atoms with Crippen LogP contribution in [0.25, 0.3) is 11.1 Å². The van der Waals surface area contributed by atoms with E-state index in [0.717, 1.165) is 19.3 Å². The molecule has 8 nitrogen and oxygen atoms in total. The zero-order chi connectivity index (χ0) is 41.3. The number of aryl methyl sites for hydroxylation is 1. The zero-order valence-corrected chi connectivity index (χ0v) is 37.5. The highest BCUT2D eigenvalue weighted by atomic mass is 16.7. The summed E-state index contributed by atoms with van der Waals surface area (Å²) in [5.74, 6) is -0.0871. The van der Waals surface area contributed by atoms with Crippen LogP contribution >= 0.6 is 0 Å². The number of hydrogen-bond acceptors (Lipinski definition) is 8. The number of hydrogen-bond donors (Lipinski definition) is 0. The van der Waals surface area contributed by atoms with Crippen LogP contribution in [0.15, 0.2) is 54.6 Å². The molecule has 12 heteroatoms. The van der Waals surface area contributed by atoms with Crippen LogP contribution in [-0.4, -0.2) is 73.3 Å². The molecule has 3 atom stereocenters. The number of benzene rings is 2. The molecule has 2 aromatic rings. The molecule has 0 saturated carbocycles. The monoisotopic (exact) mass is 771 g/mol. The third-order valence-corrected chi connectivity index (χ3v) is 14.8. The van der Waals surface area contributed by atoms with Crippen LogP contribution in [0.1, 0.15) is 136 Å². The summed E-state index contributed by atoms with van der Waals surface area (Å²) in [4.78, 5) is 0. The molecule has 6 rings (SSSR count). The zero-order valence-electron chi connectivity index (χ0n) is 37.5. The van der Waals surface area contributed by atoms with Gasteiger partial charge in [-0.15, -0.1) is 0 Å².